The quantitative estimate of drug-likeness (QED) is 0.232. The number of aromatic nitrogens is 1. The summed E-state index contributed by atoms with van der Waals surface area (Å²) in [6.07, 6.45) is 3.59. The zero-order chi connectivity index (χ0) is 21.4. The third-order valence-electron chi connectivity index (χ3n) is 6.70. The Kier molecular flexibility index (Phi) is 6.05. The number of rotatable bonds is 4. The molecule has 0 atom stereocenters. The lowest BCUT2D eigenvalue weighted by Crippen LogP contribution is -2.38. The van der Waals surface area contributed by atoms with Crippen LogP contribution in [0.15, 0.2) is 114 Å². The highest BCUT2D eigenvalue weighted by Crippen LogP contribution is 2.50. The second-order valence-electron chi connectivity index (χ2n) is 8.52. The van der Waals surface area contributed by atoms with E-state index in [2.05, 4.69) is 94.9 Å². The molecule has 1 aromatic heterocycles. The van der Waals surface area contributed by atoms with Crippen LogP contribution in [0.3, 0.4) is 0 Å². The van der Waals surface area contributed by atoms with Gasteiger partial charge in [0.05, 0.1) is 5.69 Å². The number of hydrogen-bond donors (Lipinski definition) is 0. The Labute approximate surface area is 208 Å². The van der Waals surface area contributed by atoms with Gasteiger partial charge >= 0.3 is 0 Å². The lowest BCUT2D eigenvalue weighted by molar-refractivity contribution is 0.290. The first-order valence-electron chi connectivity index (χ1n) is 11.2. The van der Waals surface area contributed by atoms with Crippen molar-refractivity contribution in [1.29, 1.82) is 0 Å². The summed E-state index contributed by atoms with van der Waals surface area (Å²) >= 11 is 1.74. The molecule has 1 aliphatic rings. The van der Waals surface area contributed by atoms with E-state index in [1.165, 1.54) is 47.0 Å². The Morgan fingerprint density at radius 1 is 0.727 bits per heavy atom. The van der Waals surface area contributed by atoms with E-state index in [9.17, 15) is 0 Å². The third kappa shape index (κ3) is 3.88. The van der Waals surface area contributed by atoms with Gasteiger partial charge in [0.15, 0.2) is 4.80 Å². The highest BCUT2D eigenvalue weighted by Gasteiger charge is 2.43. The molecule has 6 rings (SSSR count). The minimum Gasteiger partial charge on any atom is -0.289 e. The number of halogens is 1. The Balaban J connectivity index is 0.00000228. The molecule has 0 saturated heterocycles. The first kappa shape index (κ1) is 21.9. The van der Waals surface area contributed by atoms with Crippen molar-refractivity contribution in [2.45, 2.75) is 24.7 Å². The molecule has 0 amide bonds. The van der Waals surface area contributed by atoms with Crippen molar-refractivity contribution in [2.75, 3.05) is 0 Å². The van der Waals surface area contributed by atoms with E-state index in [-0.39, 0.29) is 22.4 Å². The zero-order valence-corrected chi connectivity index (χ0v) is 20.8. The Bertz CT molecular complexity index is 1450. The molecular formula is C29H25BrN2S. The van der Waals surface area contributed by atoms with Gasteiger partial charge in [-0.1, -0.05) is 85.3 Å². The molecule has 5 aromatic rings. The van der Waals surface area contributed by atoms with E-state index >= 15 is 0 Å². The smallest absolute Gasteiger partial charge is 0.194 e. The monoisotopic (exact) mass is 512 g/mol. The summed E-state index contributed by atoms with van der Waals surface area (Å²) in [5, 5.41) is 4.95. The Hall–Kier alpha value is -2.95. The minimum atomic E-state index is 0. The molecule has 1 heterocycles. The molecule has 1 saturated carbocycles. The maximum atomic E-state index is 5.04. The molecule has 0 unspecified atom stereocenters. The van der Waals surface area contributed by atoms with Crippen molar-refractivity contribution >= 4 is 44.8 Å². The average molecular weight is 514 g/mol. The summed E-state index contributed by atoms with van der Waals surface area (Å²) in [5.74, 6) is 0. The van der Waals surface area contributed by atoms with E-state index in [1.807, 2.05) is 18.2 Å². The molecule has 0 spiro atoms. The molecule has 33 heavy (non-hydrogen) atoms. The third-order valence-corrected chi connectivity index (χ3v) is 7.53. The second kappa shape index (κ2) is 9.12. The van der Waals surface area contributed by atoms with Gasteiger partial charge in [-0.05, 0) is 53.4 Å². The summed E-state index contributed by atoms with van der Waals surface area (Å²) in [7, 11) is 0. The van der Waals surface area contributed by atoms with Crippen molar-refractivity contribution in [2.24, 2.45) is 4.99 Å². The number of thiazole rings is 1. The van der Waals surface area contributed by atoms with Crippen LogP contribution in [-0.2, 0) is 5.41 Å². The fraction of sp³-hybridized carbons (Fsp3) is 0.138. The zero-order valence-electron chi connectivity index (χ0n) is 18.2. The van der Waals surface area contributed by atoms with Gasteiger partial charge in [-0.15, -0.1) is 28.3 Å². The number of para-hydroxylation sites is 2. The lowest BCUT2D eigenvalue weighted by Gasteiger charge is -2.43. The summed E-state index contributed by atoms with van der Waals surface area (Å²) in [6, 6.07) is 36.6. The maximum Gasteiger partial charge on any atom is 0.194 e. The van der Waals surface area contributed by atoms with Crippen LogP contribution in [0.25, 0.3) is 16.5 Å². The molecular weight excluding hydrogens is 488 g/mol. The van der Waals surface area contributed by atoms with Crippen molar-refractivity contribution < 1.29 is 0 Å². The molecule has 164 valence electrons. The van der Waals surface area contributed by atoms with E-state index < -0.39 is 0 Å². The molecule has 4 heteroatoms. The van der Waals surface area contributed by atoms with E-state index in [4.69, 9.17) is 4.99 Å². The lowest BCUT2D eigenvalue weighted by atomic mass is 9.62. The van der Waals surface area contributed by atoms with Gasteiger partial charge in [0.1, 0.15) is 0 Å². The van der Waals surface area contributed by atoms with Gasteiger partial charge < -0.3 is 0 Å². The molecule has 4 aromatic carbocycles. The van der Waals surface area contributed by atoms with Gasteiger partial charge in [0.25, 0.3) is 0 Å². The number of nitrogens with zero attached hydrogens (tertiary/aromatic N) is 2. The van der Waals surface area contributed by atoms with E-state index in [0.717, 1.165) is 10.5 Å². The second-order valence-corrected chi connectivity index (χ2v) is 9.36. The van der Waals surface area contributed by atoms with Gasteiger partial charge in [-0.25, -0.2) is 4.99 Å². The van der Waals surface area contributed by atoms with Gasteiger partial charge in [-0.3, -0.25) is 4.57 Å². The standard InChI is InChI=1S/C29H24N2S.BrH/c1-3-12-25(13-4-1)30-28-31(26-14-5-2-6-15-26)27(21-32-28)29(18-9-19-29)24-17-16-22-10-7-8-11-23(22)20-24;/h1-8,10-17,20-21H,9,18-19H2;1H. The van der Waals surface area contributed by atoms with Gasteiger partial charge in [0, 0.05) is 22.2 Å². The molecule has 0 radical (unpaired) electrons. The number of fused-ring (bicyclic) bond motifs is 1. The van der Waals surface area contributed by atoms with Crippen molar-refractivity contribution in [1.82, 2.24) is 4.57 Å². The summed E-state index contributed by atoms with van der Waals surface area (Å²) in [4.78, 5) is 6.05. The summed E-state index contributed by atoms with van der Waals surface area (Å²) < 4.78 is 2.38. The Morgan fingerprint density at radius 2 is 1.39 bits per heavy atom. The number of hydrogen-bond acceptors (Lipinski definition) is 2. The largest absolute Gasteiger partial charge is 0.289 e. The van der Waals surface area contributed by atoms with Crippen LogP contribution in [0.5, 0.6) is 0 Å². The summed E-state index contributed by atoms with van der Waals surface area (Å²) in [5.41, 5.74) is 4.95. The van der Waals surface area contributed by atoms with Gasteiger partial charge in [0.2, 0.25) is 0 Å². The fourth-order valence-electron chi connectivity index (χ4n) is 4.87. The average Bonchev–Trinajstić information content (AvgIpc) is 3.23. The first-order valence-corrected chi connectivity index (χ1v) is 12.1. The van der Waals surface area contributed by atoms with Crippen LogP contribution in [-0.4, -0.2) is 4.57 Å². The van der Waals surface area contributed by atoms with Crippen LogP contribution in [0.2, 0.25) is 0 Å². The predicted octanol–water partition coefficient (Wildman–Crippen LogP) is 7.97. The van der Waals surface area contributed by atoms with Crippen LogP contribution < -0.4 is 4.80 Å². The normalized spacial score (nSPS) is 15.1. The van der Waals surface area contributed by atoms with Crippen molar-refractivity contribution in [3.8, 4) is 5.69 Å². The fourth-order valence-corrected chi connectivity index (χ4v) is 5.89. The minimum absolute atomic E-state index is 0. The Morgan fingerprint density at radius 3 is 2.09 bits per heavy atom. The molecule has 2 nitrogen and oxygen atoms in total. The highest BCUT2D eigenvalue weighted by molar-refractivity contribution is 8.93. The predicted molar refractivity (Wildman–Crippen MR) is 144 cm³/mol. The summed E-state index contributed by atoms with van der Waals surface area (Å²) in [6.45, 7) is 0. The maximum absolute atomic E-state index is 5.04. The molecule has 1 aliphatic carbocycles. The van der Waals surface area contributed by atoms with E-state index in [0.29, 0.717) is 0 Å². The van der Waals surface area contributed by atoms with Crippen LogP contribution in [0, 0.1) is 0 Å². The van der Waals surface area contributed by atoms with Gasteiger partial charge in [-0.2, -0.15) is 0 Å². The molecule has 0 N–H and O–H groups in total. The van der Waals surface area contributed by atoms with Crippen molar-refractivity contribution in [3.63, 3.8) is 0 Å². The molecule has 0 aliphatic heterocycles. The SMILES string of the molecule is Br.c1ccc(N=c2scc(C3(c4ccc5ccccc5c4)CCC3)n2-c2ccccc2)cc1. The van der Waals surface area contributed by atoms with Crippen LogP contribution in [0.1, 0.15) is 30.5 Å². The van der Waals surface area contributed by atoms with Crippen molar-refractivity contribution in [3.05, 3.63) is 125 Å². The number of benzene rings is 4. The topological polar surface area (TPSA) is 17.3 Å². The van der Waals surface area contributed by atoms with E-state index in [1.54, 1.807) is 11.3 Å². The molecule has 0 bridgehead atoms. The molecule has 1 fully saturated rings. The van der Waals surface area contributed by atoms with Crippen LogP contribution in [0.4, 0.5) is 5.69 Å². The van der Waals surface area contributed by atoms with Crippen LogP contribution >= 0.6 is 28.3 Å². The highest BCUT2D eigenvalue weighted by atomic mass is 79.9. The first-order chi connectivity index (χ1) is 15.8.